The van der Waals surface area contributed by atoms with Crippen molar-refractivity contribution in [2.75, 3.05) is 11.2 Å². The summed E-state index contributed by atoms with van der Waals surface area (Å²) in [5.41, 5.74) is 1.67. The van der Waals surface area contributed by atoms with Crippen molar-refractivity contribution < 1.29 is 22.4 Å². The van der Waals surface area contributed by atoms with Crippen LogP contribution in [0.1, 0.15) is 35.6 Å². The molecule has 2 aromatic rings. The monoisotopic (exact) mass is 440 g/mol. The highest BCUT2D eigenvalue weighted by molar-refractivity contribution is 7.90. The molecular formula is C21H17FN4O4S. The van der Waals surface area contributed by atoms with Gasteiger partial charge in [-0.15, -0.1) is 0 Å². The Labute approximate surface area is 177 Å². The fraction of sp³-hybridized carbons (Fsp3) is 0.238. The minimum atomic E-state index is -3.76. The zero-order valence-electron chi connectivity index (χ0n) is 16.4. The summed E-state index contributed by atoms with van der Waals surface area (Å²) in [4.78, 5) is 30.9. The van der Waals surface area contributed by atoms with Gasteiger partial charge in [0.15, 0.2) is 15.6 Å². The number of rotatable bonds is 4. The molecular weight excluding hydrogens is 423 g/mol. The number of hydrogen-bond acceptors (Lipinski definition) is 6. The molecule has 0 saturated carbocycles. The first-order valence-electron chi connectivity index (χ1n) is 9.35. The second-order valence-corrected chi connectivity index (χ2v) is 9.31. The van der Waals surface area contributed by atoms with E-state index in [0.717, 1.165) is 6.26 Å². The van der Waals surface area contributed by atoms with E-state index in [-0.39, 0.29) is 45.8 Å². The SMILES string of the molecule is CS(=O)(=O)c1cc(C#N)ccc1C1NC(=O)N(c2cncc(CF)c2)C2=C1C(=O)CC2. The highest BCUT2D eigenvalue weighted by Crippen LogP contribution is 2.42. The van der Waals surface area contributed by atoms with E-state index < -0.39 is 28.6 Å². The van der Waals surface area contributed by atoms with Gasteiger partial charge < -0.3 is 5.32 Å². The lowest BCUT2D eigenvalue weighted by Gasteiger charge is -2.34. The fourth-order valence-electron chi connectivity index (χ4n) is 3.94. The number of urea groups is 1. The van der Waals surface area contributed by atoms with Crippen LogP contribution in [0.4, 0.5) is 14.9 Å². The Bertz CT molecular complexity index is 1300. The van der Waals surface area contributed by atoms with Crippen molar-refractivity contribution in [2.45, 2.75) is 30.5 Å². The summed E-state index contributed by atoms with van der Waals surface area (Å²) < 4.78 is 37.9. The van der Waals surface area contributed by atoms with Crippen LogP contribution < -0.4 is 10.2 Å². The van der Waals surface area contributed by atoms with Gasteiger partial charge in [-0.1, -0.05) is 6.07 Å². The van der Waals surface area contributed by atoms with Gasteiger partial charge in [0.1, 0.15) is 6.67 Å². The Morgan fingerprint density at radius 2 is 2.03 bits per heavy atom. The van der Waals surface area contributed by atoms with E-state index in [4.69, 9.17) is 5.26 Å². The van der Waals surface area contributed by atoms with Gasteiger partial charge >= 0.3 is 6.03 Å². The van der Waals surface area contributed by atoms with E-state index in [2.05, 4.69) is 10.3 Å². The first-order chi connectivity index (χ1) is 14.7. The molecule has 0 fully saturated rings. The maximum Gasteiger partial charge on any atom is 0.327 e. The number of sulfone groups is 1. The molecule has 4 rings (SSSR count). The number of benzene rings is 1. The highest BCUT2D eigenvalue weighted by atomic mass is 32.2. The number of nitriles is 1. The predicted molar refractivity (Wildman–Crippen MR) is 108 cm³/mol. The molecule has 1 aromatic carbocycles. The Morgan fingerprint density at radius 1 is 1.26 bits per heavy atom. The second-order valence-electron chi connectivity index (χ2n) is 7.32. The van der Waals surface area contributed by atoms with Crippen LogP contribution in [0.15, 0.2) is 52.8 Å². The third-order valence-electron chi connectivity index (χ3n) is 5.28. The Balaban J connectivity index is 1.90. The van der Waals surface area contributed by atoms with Gasteiger partial charge in [-0.25, -0.2) is 17.6 Å². The maximum atomic E-state index is 13.1. The molecule has 0 bridgehead atoms. The summed E-state index contributed by atoms with van der Waals surface area (Å²) in [6.45, 7) is -0.757. The summed E-state index contributed by atoms with van der Waals surface area (Å²) >= 11 is 0. The first-order valence-corrected chi connectivity index (χ1v) is 11.2. The van der Waals surface area contributed by atoms with Crippen LogP contribution in [-0.4, -0.2) is 31.5 Å². The Hall–Kier alpha value is -3.58. The highest BCUT2D eigenvalue weighted by Gasteiger charge is 2.42. The fourth-order valence-corrected chi connectivity index (χ4v) is 4.90. The smallest absolute Gasteiger partial charge is 0.326 e. The molecule has 0 radical (unpaired) electrons. The zero-order chi connectivity index (χ0) is 22.3. The molecule has 1 aliphatic heterocycles. The number of hydrogen-bond donors (Lipinski definition) is 1. The number of allylic oxidation sites excluding steroid dienone is 1. The van der Waals surface area contributed by atoms with E-state index in [1.165, 1.54) is 41.6 Å². The summed E-state index contributed by atoms with van der Waals surface area (Å²) in [6.07, 6.45) is 4.19. The second kappa shape index (κ2) is 7.59. The van der Waals surface area contributed by atoms with E-state index in [1.807, 2.05) is 6.07 Å². The topological polar surface area (TPSA) is 120 Å². The molecule has 1 unspecified atom stereocenters. The number of carbonyl (C=O) groups is 2. The van der Waals surface area contributed by atoms with Crippen molar-refractivity contribution in [1.29, 1.82) is 5.26 Å². The lowest BCUT2D eigenvalue weighted by molar-refractivity contribution is -0.115. The van der Waals surface area contributed by atoms with Crippen molar-refractivity contribution in [3.63, 3.8) is 0 Å². The quantitative estimate of drug-likeness (QED) is 0.781. The molecule has 1 N–H and O–H groups in total. The van der Waals surface area contributed by atoms with Gasteiger partial charge in [-0.2, -0.15) is 5.26 Å². The van der Waals surface area contributed by atoms with E-state index in [9.17, 15) is 22.4 Å². The van der Waals surface area contributed by atoms with Crippen molar-refractivity contribution in [3.05, 3.63) is 64.6 Å². The maximum absolute atomic E-state index is 13.1. The number of pyridine rings is 1. The standard InChI is InChI=1S/C21H17FN4O4S/c1-31(29,30)18-7-12(9-23)2-3-15(18)20-19-16(4-5-17(19)27)26(21(28)25-20)14-6-13(8-22)10-24-11-14/h2-3,6-7,10-11,20H,4-5,8H2,1H3,(H,25,28). The summed E-state index contributed by atoms with van der Waals surface area (Å²) in [6, 6.07) is 5.92. The summed E-state index contributed by atoms with van der Waals surface area (Å²) in [5, 5.41) is 11.9. The van der Waals surface area contributed by atoms with Gasteiger partial charge in [0.2, 0.25) is 0 Å². The van der Waals surface area contributed by atoms with Gasteiger partial charge in [0.25, 0.3) is 0 Å². The number of carbonyl (C=O) groups excluding carboxylic acids is 2. The van der Waals surface area contributed by atoms with Crippen LogP contribution in [0.3, 0.4) is 0 Å². The molecule has 10 heteroatoms. The number of Topliss-reactive ketones (excluding diaryl/α,β-unsaturated/α-hetero) is 1. The first kappa shape index (κ1) is 20.7. The van der Waals surface area contributed by atoms with Crippen LogP contribution >= 0.6 is 0 Å². The number of aromatic nitrogens is 1. The minimum absolute atomic E-state index is 0.127. The number of anilines is 1. The van der Waals surface area contributed by atoms with Gasteiger partial charge in [-0.3, -0.25) is 14.7 Å². The van der Waals surface area contributed by atoms with Crippen LogP contribution in [-0.2, 0) is 21.3 Å². The van der Waals surface area contributed by atoms with E-state index >= 15 is 0 Å². The van der Waals surface area contributed by atoms with Gasteiger partial charge in [0, 0.05) is 35.7 Å². The number of ketones is 1. The van der Waals surface area contributed by atoms with Crippen LogP contribution in [0.25, 0.3) is 0 Å². The lowest BCUT2D eigenvalue weighted by Crippen LogP contribution is -2.47. The van der Waals surface area contributed by atoms with E-state index in [0.29, 0.717) is 11.4 Å². The largest absolute Gasteiger partial charge is 0.327 e. The van der Waals surface area contributed by atoms with Crippen LogP contribution in [0.2, 0.25) is 0 Å². The number of amides is 2. The summed E-state index contributed by atoms with van der Waals surface area (Å²) in [5.74, 6) is -0.219. The Morgan fingerprint density at radius 3 is 2.71 bits per heavy atom. The van der Waals surface area contributed by atoms with Gasteiger partial charge in [-0.05, 0) is 30.2 Å². The van der Waals surface area contributed by atoms with Crippen molar-refractivity contribution in [1.82, 2.24) is 10.3 Å². The van der Waals surface area contributed by atoms with E-state index in [1.54, 1.807) is 0 Å². The number of alkyl halides is 1. The van der Waals surface area contributed by atoms with Crippen molar-refractivity contribution in [2.24, 2.45) is 0 Å². The average Bonchev–Trinajstić information content (AvgIpc) is 3.13. The van der Waals surface area contributed by atoms with Crippen molar-refractivity contribution >= 4 is 27.3 Å². The molecule has 0 saturated heterocycles. The van der Waals surface area contributed by atoms with Gasteiger partial charge in [0.05, 0.1) is 34.5 Å². The minimum Gasteiger partial charge on any atom is -0.326 e. The average molecular weight is 440 g/mol. The molecule has 2 heterocycles. The third kappa shape index (κ3) is 3.57. The molecule has 1 aromatic heterocycles. The molecule has 1 aliphatic carbocycles. The predicted octanol–water partition coefficient (Wildman–Crippen LogP) is 2.71. The lowest BCUT2D eigenvalue weighted by atomic mass is 9.94. The molecule has 158 valence electrons. The van der Waals surface area contributed by atoms with Crippen LogP contribution in [0, 0.1) is 11.3 Å². The number of nitrogens with zero attached hydrogens (tertiary/aromatic N) is 3. The molecule has 2 amide bonds. The third-order valence-corrected chi connectivity index (χ3v) is 6.43. The molecule has 31 heavy (non-hydrogen) atoms. The summed E-state index contributed by atoms with van der Waals surface area (Å²) in [7, 11) is -3.76. The van der Waals surface area contributed by atoms with Crippen LogP contribution in [0.5, 0.6) is 0 Å². The Kier molecular flexibility index (Phi) is 5.07. The number of halogens is 1. The molecule has 2 aliphatic rings. The number of nitrogens with one attached hydrogen (secondary N) is 1. The normalized spacial score (nSPS) is 18.6. The molecule has 8 nitrogen and oxygen atoms in total. The van der Waals surface area contributed by atoms with Crippen molar-refractivity contribution in [3.8, 4) is 6.07 Å². The molecule has 0 spiro atoms. The zero-order valence-corrected chi connectivity index (χ0v) is 17.2. The molecule has 1 atom stereocenters.